The molecule has 3 rings (SSSR count). The van der Waals surface area contributed by atoms with Crippen LogP contribution in [0.15, 0.2) is 42.5 Å². The van der Waals surface area contributed by atoms with E-state index >= 15 is 0 Å². The molecule has 4 nitrogen and oxygen atoms in total. The molecular weight excluding hydrogens is 400 g/mol. The average Bonchev–Trinajstić information content (AvgIpc) is 2.73. The van der Waals surface area contributed by atoms with Crippen LogP contribution in [0.5, 0.6) is 0 Å². The third-order valence-electron chi connectivity index (χ3n) is 4.44. The molecule has 0 N–H and O–H groups in total. The number of carbonyl (C=O) groups excluding carboxylic acids is 1. The van der Waals surface area contributed by atoms with Crippen molar-refractivity contribution in [3.63, 3.8) is 0 Å². The number of halogens is 3. The van der Waals surface area contributed by atoms with Gasteiger partial charge in [0, 0.05) is 18.1 Å². The van der Waals surface area contributed by atoms with Crippen LogP contribution in [0.25, 0.3) is 0 Å². The van der Waals surface area contributed by atoms with Crippen LogP contribution in [0.2, 0.25) is 10.0 Å². The first kappa shape index (κ1) is 19.1. The lowest BCUT2D eigenvalue weighted by Gasteiger charge is -2.20. The fraction of sp³-hybridized carbons (Fsp3) is 0.278. The highest BCUT2D eigenvalue weighted by Crippen LogP contribution is 2.34. The lowest BCUT2D eigenvalue weighted by Crippen LogP contribution is -2.33. The summed E-state index contributed by atoms with van der Waals surface area (Å²) < 4.78 is 38.6. The minimum Gasteiger partial charge on any atom is -0.338 e. The summed E-state index contributed by atoms with van der Waals surface area (Å²) in [6.07, 6.45) is 0.233. The van der Waals surface area contributed by atoms with Gasteiger partial charge in [0.25, 0.3) is 5.91 Å². The van der Waals surface area contributed by atoms with E-state index in [-0.39, 0.29) is 35.8 Å². The van der Waals surface area contributed by atoms with Gasteiger partial charge in [0.2, 0.25) is 0 Å². The van der Waals surface area contributed by atoms with Gasteiger partial charge in [-0.1, -0.05) is 41.4 Å². The zero-order valence-corrected chi connectivity index (χ0v) is 16.0. The van der Waals surface area contributed by atoms with Gasteiger partial charge in [-0.05, 0) is 36.2 Å². The number of carbonyl (C=O) groups is 1. The predicted octanol–water partition coefficient (Wildman–Crippen LogP) is 4.13. The van der Waals surface area contributed by atoms with Crippen molar-refractivity contribution in [1.82, 2.24) is 4.90 Å². The van der Waals surface area contributed by atoms with Crippen molar-refractivity contribution in [1.29, 1.82) is 0 Å². The highest BCUT2D eigenvalue weighted by atomic mass is 35.5. The fourth-order valence-corrected chi connectivity index (χ4v) is 5.46. The Kier molecular flexibility index (Phi) is 5.55. The molecule has 0 radical (unpaired) electrons. The van der Waals surface area contributed by atoms with Gasteiger partial charge in [0.05, 0.1) is 21.6 Å². The molecule has 0 saturated carbocycles. The summed E-state index contributed by atoms with van der Waals surface area (Å²) >= 11 is 12.1. The molecule has 0 spiro atoms. The van der Waals surface area contributed by atoms with Crippen LogP contribution in [0.3, 0.4) is 0 Å². The molecule has 0 bridgehead atoms. The summed E-state index contributed by atoms with van der Waals surface area (Å²) in [6.45, 7) is 0.289. The lowest BCUT2D eigenvalue weighted by molar-refractivity contribution is 0.0766. The molecule has 1 aliphatic heterocycles. The van der Waals surface area contributed by atoms with Gasteiger partial charge in [-0.3, -0.25) is 4.79 Å². The maximum atomic E-state index is 13.2. The van der Waals surface area contributed by atoms with E-state index in [9.17, 15) is 17.6 Å². The molecule has 1 atom stereocenters. The summed E-state index contributed by atoms with van der Waals surface area (Å²) in [5.41, 5.74) is 0.699. The molecule has 1 fully saturated rings. The number of hydrogen-bond donors (Lipinski definition) is 0. The molecule has 26 heavy (non-hydrogen) atoms. The second kappa shape index (κ2) is 7.55. The first-order valence-corrected chi connectivity index (χ1v) is 10.5. The van der Waals surface area contributed by atoms with Gasteiger partial charge in [-0.2, -0.15) is 0 Å². The maximum Gasteiger partial charge on any atom is 0.255 e. The van der Waals surface area contributed by atoms with E-state index < -0.39 is 26.8 Å². The zero-order chi connectivity index (χ0) is 18.9. The molecule has 1 amide bonds. The standard InChI is InChI=1S/C18H16Cl2FNO3S/c19-15-4-2-1-3-13(15)17-7-8-22(9-10-26(17,24)25)18(23)14-6-5-12(21)11-16(14)20/h1-6,11,17H,7-10H2. The van der Waals surface area contributed by atoms with Gasteiger partial charge >= 0.3 is 0 Å². The van der Waals surface area contributed by atoms with Crippen molar-refractivity contribution in [3.8, 4) is 0 Å². The largest absolute Gasteiger partial charge is 0.338 e. The number of benzene rings is 2. The van der Waals surface area contributed by atoms with E-state index in [1.165, 1.54) is 11.0 Å². The summed E-state index contributed by atoms with van der Waals surface area (Å²) in [6, 6.07) is 10.3. The maximum absolute atomic E-state index is 13.2. The van der Waals surface area contributed by atoms with E-state index in [2.05, 4.69) is 0 Å². The van der Waals surface area contributed by atoms with Crippen molar-refractivity contribution in [2.24, 2.45) is 0 Å². The van der Waals surface area contributed by atoms with Crippen LogP contribution in [0, 0.1) is 5.82 Å². The first-order valence-electron chi connectivity index (χ1n) is 8.00. The van der Waals surface area contributed by atoms with E-state index in [4.69, 9.17) is 23.2 Å². The number of sulfone groups is 1. The Morgan fingerprint density at radius 1 is 1.08 bits per heavy atom. The van der Waals surface area contributed by atoms with Gasteiger partial charge in [0.1, 0.15) is 5.82 Å². The summed E-state index contributed by atoms with van der Waals surface area (Å²) in [7, 11) is -3.47. The Hall–Kier alpha value is -1.63. The van der Waals surface area contributed by atoms with Crippen LogP contribution in [-0.2, 0) is 9.84 Å². The molecular formula is C18H16Cl2FNO3S. The van der Waals surface area contributed by atoms with Crippen molar-refractivity contribution < 1.29 is 17.6 Å². The molecule has 1 heterocycles. The molecule has 8 heteroatoms. The van der Waals surface area contributed by atoms with E-state index in [0.717, 1.165) is 12.1 Å². The number of rotatable bonds is 2. The summed E-state index contributed by atoms with van der Waals surface area (Å²) in [5, 5.41) is -0.370. The Labute approximate surface area is 161 Å². The molecule has 138 valence electrons. The van der Waals surface area contributed by atoms with Crippen LogP contribution < -0.4 is 0 Å². The Morgan fingerprint density at radius 3 is 2.50 bits per heavy atom. The minimum absolute atomic E-state index is 0.00441. The van der Waals surface area contributed by atoms with Crippen LogP contribution >= 0.6 is 23.2 Å². The molecule has 2 aromatic rings. The monoisotopic (exact) mass is 415 g/mol. The minimum atomic E-state index is -3.47. The molecule has 1 saturated heterocycles. The van der Waals surface area contributed by atoms with Gasteiger partial charge in [0.15, 0.2) is 9.84 Å². The summed E-state index contributed by atoms with van der Waals surface area (Å²) in [4.78, 5) is 14.1. The Morgan fingerprint density at radius 2 is 1.81 bits per heavy atom. The quantitative estimate of drug-likeness (QED) is 0.740. The van der Waals surface area contributed by atoms with E-state index in [0.29, 0.717) is 10.6 Å². The van der Waals surface area contributed by atoms with Gasteiger partial charge in [-0.25, -0.2) is 12.8 Å². The van der Waals surface area contributed by atoms with Crippen molar-refractivity contribution in [2.75, 3.05) is 18.8 Å². The Balaban J connectivity index is 1.87. The number of nitrogens with zero attached hydrogens (tertiary/aromatic N) is 1. The fourth-order valence-electron chi connectivity index (χ4n) is 3.07. The van der Waals surface area contributed by atoms with Crippen molar-refractivity contribution >= 4 is 38.9 Å². The van der Waals surface area contributed by atoms with E-state index in [1.807, 2.05) is 0 Å². The molecule has 1 unspecified atom stereocenters. The normalized spacial score (nSPS) is 19.8. The summed E-state index contributed by atoms with van der Waals surface area (Å²) in [5.74, 6) is -1.12. The topological polar surface area (TPSA) is 54.5 Å². The third-order valence-corrected chi connectivity index (χ3v) is 7.21. The highest BCUT2D eigenvalue weighted by molar-refractivity contribution is 7.91. The SMILES string of the molecule is O=C(c1ccc(F)cc1Cl)N1CCC(c2ccccc2Cl)S(=O)(=O)CC1. The van der Waals surface area contributed by atoms with Gasteiger partial charge in [-0.15, -0.1) is 0 Å². The number of hydrogen-bond acceptors (Lipinski definition) is 3. The van der Waals surface area contributed by atoms with Crippen LogP contribution in [-0.4, -0.2) is 38.1 Å². The van der Waals surface area contributed by atoms with Crippen LogP contribution in [0.1, 0.15) is 27.6 Å². The zero-order valence-electron chi connectivity index (χ0n) is 13.7. The lowest BCUT2D eigenvalue weighted by atomic mass is 10.1. The van der Waals surface area contributed by atoms with Crippen molar-refractivity contribution in [2.45, 2.75) is 11.7 Å². The second-order valence-electron chi connectivity index (χ2n) is 6.08. The first-order chi connectivity index (χ1) is 12.3. The highest BCUT2D eigenvalue weighted by Gasteiger charge is 2.34. The molecule has 0 aliphatic carbocycles. The van der Waals surface area contributed by atoms with Gasteiger partial charge < -0.3 is 4.90 Å². The Bertz CT molecular complexity index is 949. The predicted molar refractivity (Wildman–Crippen MR) is 99.9 cm³/mol. The molecule has 2 aromatic carbocycles. The van der Waals surface area contributed by atoms with Crippen LogP contribution in [0.4, 0.5) is 4.39 Å². The second-order valence-corrected chi connectivity index (χ2v) is 9.20. The smallest absolute Gasteiger partial charge is 0.255 e. The van der Waals surface area contributed by atoms with E-state index in [1.54, 1.807) is 24.3 Å². The third kappa shape index (κ3) is 3.87. The molecule has 0 aromatic heterocycles. The van der Waals surface area contributed by atoms with Crippen molar-refractivity contribution in [3.05, 3.63) is 69.5 Å². The molecule has 1 aliphatic rings. The average molecular weight is 416 g/mol. The number of amides is 1.